The smallest absolute Gasteiger partial charge is 0.240 e. The predicted molar refractivity (Wildman–Crippen MR) is 136 cm³/mol. The highest BCUT2D eigenvalue weighted by molar-refractivity contribution is 7.99. The molecule has 6 nitrogen and oxygen atoms in total. The van der Waals surface area contributed by atoms with Crippen LogP contribution in [-0.4, -0.2) is 58.4 Å². The van der Waals surface area contributed by atoms with E-state index in [1.54, 1.807) is 23.9 Å². The SMILES string of the molecule is CCSc1nc2ccccc2n1CC(=O)NCCN1CCC(Oc2ccc(Cl)c(Cl)c2)CC1. The number of piperidine rings is 1. The van der Waals surface area contributed by atoms with E-state index in [1.165, 1.54) is 0 Å². The number of benzene rings is 2. The lowest BCUT2D eigenvalue weighted by atomic mass is 10.1. The first-order chi connectivity index (χ1) is 16.0. The van der Waals surface area contributed by atoms with Gasteiger partial charge in [-0.1, -0.05) is 54.0 Å². The van der Waals surface area contributed by atoms with Crippen molar-refractivity contribution in [3.8, 4) is 5.75 Å². The zero-order chi connectivity index (χ0) is 23.2. The zero-order valence-corrected chi connectivity index (χ0v) is 20.9. The van der Waals surface area contributed by atoms with Gasteiger partial charge in [-0.05, 0) is 42.9 Å². The Morgan fingerprint density at radius 2 is 1.97 bits per heavy atom. The summed E-state index contributed by atoms with van der Waals surface area (Å²) in [6.45, 7) is 5.69. The predicted octanol–water partition coefficient (Wildman–Crippen LogP) is 5.11. The van der Waals surface area contributed by atoms with E-state index in [1.807, 2.05) is 34.9 Å². The third-order valence-electron chi connectivity index (χ3n) is 5.67. The second-order valence-electron chi connectivity index (χ2n) is 7.99. The van der Waals surface area contributed by atoms with Crippen molar-refractivity contribution in [1.29, 1.82) is 0 Å². The van der Waals surface area contributed by atoms with Gasteiger partial charge in [0.2, 0.25) is 5.91 Å². The van der Waals surface area contributed by atoms with Crippen molar-refractivity contribution in [2.75, 3.05) is 31.9 Å². The molecular weight excluding hydrogens is 479 g/mol. The number of hydrogen-bond acceptors (Lipinski definition) is 5. The highest BCUT2D eigenvalue weighted by atomic mass is 35.5. The van der Waals surface area contributed by atoms with Gasteiger partial charge in [0.05, 0.1) is 21.1 Å². The van der Waals surface area contributed by atoms with Crippen molar-refractivity contribution in [2.45, 2.75) is 37.6 Å². The number of nitrogens with one attached hydrogen (secondary N) is 1. The second kappa shape index (κ2) is 11.5. The highest BCUT2D eigenvalue weighted by Gasteiger charge is 2.21. The van der Waals surface area contributed by atoms with E-state index < -0.39 is 0 Å². The van der Waals surface area contributed by atoms with E-state index in [0.29, 0.717) is 16.6 Å². The second-order valence-corrected chi connectivity index (χ2v) is 10.0. The molecule has 1 amide bonds. The summed E-state index contributed by atoms with van der Waals surface area (Å²) in [4.78, 5) is 19.7. The number of fused-ring (bicyclic) bond motifs is 1. The Balaban J connectivity index is 1.21. The van der Waals surface area contributed by atoms with E-state index in [-0.39, 0.29) is 18.6 Å². The molecule has 2 heterocycles. The summed E-state index contributed by atoms with van der Waals surface area (Å²) in [5, 5.41) is 4.99. The lowest BCUT2D eigenvalue weighted by molar-refractivity contribution is -0.121. The van der Waals surface area contributed by atoms with Crippen molar-refractivity contribution in [2.24, 2.45) is 0 Å². The quantitative estimate of drug-likeness (QED) is 0.408. The van der Waals surface area contributed by atoms with Crippen LogP contribution in [0.5, 0.6) is 5.75 Å². The maximum Gasteiger partial charge on any atom is 0.240 e. The van der Waals surface area contributed by atoms with Gasteiger partial charge in [0.25, 0.3) is 0 Å². The average molecular weight is 507 g/mol. The molecule has 1 aliphatic heterocycles. The molecule has 0 aliphatic carbocycles. The number of amides is 1. The number of carbonyl (C=O) groups excluding carboxylic acids is 1. The van der Waals surface area contributed by atoms with Gasteiger partial charge in [0.1, 0.15) is 18.4 Å². The summed E-state index contributed by atoms with van der Waals surface area (Å²) in [5.74, 6) is 1.67. The van der Waals surface area contributed by atoms with Crippen LogP contribution in [0, 0.1) is 0 Å². The Labute approximate surface area is 208 Å². The summed E-state index contributed by atoms with van der Waals surface area (Å²) in [6.07, 6.45) is 2.04. The number of nitrogens with zero attached hydrogens (tertiary/aromatic N) is 3. The summed E-state index contributed by atoms with van der Waals surface area (Å²) >= 11 is 13.7. The molecule has 0 atom stereocenters. The molecule has 0 unspecified atom stereocenters. The number of likely N-dealkylation sites (tertiary alicyclic amines) is 1. The number of thioether (sulfide) groups is 1. The maximum absolute atomic E-state index is 12.6. The van der Waals surface area contributed by atoms with Crippen molar-refractivity contribution < 1.29 is 9.53 Å². The molecule has 1 aromatic heterocycles. The van der Waals surface area contributed by atoms with E-state index in [2.05, 4.69) is 22.1 Å². The van der Waals surface area contributed by atoms with Crippen molar-refractivity contribution >= 4 is 51.9 Å². The fraction of sp³-hybridized carbons (Fsp3) is 0.417. The zero-order valence-electron chi connectivity index (χ0n) is 18.6. The molecule has 1 saturated heterocycles. The molecule has 33 heavy (non-hydrogen) atoms. The van der Waals surface area contributed by atoms with Crippen molar-refractivity contribution in [3.05, 3.63) is 52.5 Å². The molecule has 1 fully saturated rings. The summed E-state index contributed by atoms with van der Waals surface area (Å²) < 4.78 is 8.06. The van der Waals surface area contributed by atoms with Gasteiger partial charge >= 0.3 is 0 Å². The van der Waals surface area contributed by atoms with Gasteiger partial charge in [0, 0.05) is 32.2 Å². The fourth-order valence-electron chi connectivity index (χ4n) is 3.99. The van der Waals surface area contributed by atoms with Crippen LogP contribution in [0.2, 0.25) is 10.0 Å². The third-order valence-corrected chi connectivity index (χ3v) is 7.27. The van der Waals surface area contributed by atoms with Crippen LogP contribution < -0.4 is 10.1 Å². The third kappa shape index (κ3) is 6.35. The lowest BCUT2D eigenvalue weighted by Crippen LogP contribution is -2.42. The maximum atomic E-state index is 12.6. The van der Waals surface area contributed by atoms with Crippen LogP contribution in [0.4, 0.5) is 0 Å². The van der Waals surface area contributed by atoms with Crippen LogP contribution in [0.1, 0.15) is 19.8 Å². The number of imidazole rings is 1. The average Bonchev–Trinajstić information content (AvgIpc) is 3.15. The molecule has 9 heteroatoms. The first-order valence-electron chi connectivity index (χ1n) is 11.2. The monoisotopic (exact) mass is 506 g/mol. The number of halogens is 2. The minimum absolute atomic E-state index is 0.00828. The fourth-order valence-corrected chi connectivity index (χ4v) is 5.02. The van der Waals surface area contributed by atoms with E-state index in [4.69, 9.17) is 27.9 Å². The van der Waals surface area contributed by atoms with Crippen LogP contribution >= 0.6 is 35.0 Å². The Morgan fingerprint density at radius 1 is 1.18 bits per heavy atom. The first kappa shape index (κ1) is 24.2. The molecule has 0 saturated carbocycles. The number of ether oxygens (including phenoxy) is 1. The van der Waals surface area contributed by atoms with E-state index >= 15 is 0 Å². The summed E-state index contributed by atoms with van der Waals surface area (Å²) in [5.41, 5.74) is 1.92. The minimum Gasteiger partial charge on any atom is -0.490 e. The number of hydrogen-bond donors (Lipinski definition) is 1. The molecule has 0 spiro atoms. The number of carbonyl (C=O) groups is 1. The molecular formula is C24H28Cl2N4O2S. The Kier molecular flexibility index (Phi) is 8.41. The van der Waals surface area contributed by atoms with Gasteiger partial charge in [-0.15, -0.1) is 0 Å². The lowest BCUT2D eigenvalue weighted by Gasteiger charge is -2.32. The van der Waals surface area contributed by atoms with Crippen LogP contribution in [-0.2, 0) is 11.3 Å². The highest BCUT2D eigenvalue weighted by Crippen LogP contribution is 2.28. The molecule has 3 aromatic rings. The molecule has 0 bridgehead atoms. The van der Waals surface area contributed by atoms with E-state index in [0.717, 1.165) is 60.2 Å². The summed E-state index contributed by atoms with van der Waals surface area (Å²) in [6, 6.07) is 13.3. The molecule has 1 aliphatic rings. The molecule has 176 valence electrons. The number of para-hydroxylation sites is 2. The largest absolute Gasteiger partial charge is 0.490 e. The molecule has 1 N–H and O–H groups in total. The summed E-state index contributed by atoms with van der Waals surface area (Å²) in [7, 11) is 0. The van der Waals surface area contributed by atoms with Gasteiger partial charge in [-0.3, -0.25) is 4.79 Å². The normalized spacial score (nSPS) is 15.1. The molecule has 4 rings (SSSR count). The number of rotatable bonds is 9. The minimum atomic E-state index is 0.00828. The Hall–Kier alpha value is -1.93. The van der Waals surface area contributed by atoms with Crippen LogP contribution in [0.3, 0.4) is 0 Å². The van der Waals surface area contributed by atoms with Gasteiger partial charge in [0.15, 0.2) is 5.16 Å². The van der Waals surface area contributed by atoms with Crippen molar-refractivity contribution in [3.63, 3.8) is 0 Å². The number of aromatic nitrogens is 2. The van der Waals surface area contributed by atoms with Gasteiger partial charge in [-0.2, -0.15) is 0 Å². The Bertz CT molecular complexity index is 1100. The van der Waals surface area contributed by atoms with Crippen molar-refractivity contribution in [1.82, 2.24) is 19.8 Å². The van der Waals surface area contributed by atoms with Crippen LogP contribution in [0.15, 0.2) is 47.6 Å². The van der Waals surface area contributed by atoms with E-state index in [9.17, 15) is 4.79 Å². The molecule has 0 radical (unpaired) electrons. The van der Waals surface area contributed by atoms with Gasteiger partial charge < -0.3 is 19.5 Å². The van der Waals surface area contributed by atoms with Gasteiger partial charge in [-0.25, -0.2) is 4.98 Å². The van der Waals surface area contributed by atoms with Crippen LogP contribution in [0.25, 0.3) is 11.0 Å². The first-order valence-corrected chi connectivity index (χ1v) is 13.0. The Morgan fingerprint density at radius 3 is 2.73 bits per heavy atom. The standard InChI is InChI=1S/C24H28Cl2N4O2S/c1-2-33-24-28-21-5-3-4-6-22(21)30(24)16-23(31)27-11-14-29-12-9-17(10-13-29)32-18-7-8-19(25)20(26)15-18/h3-8,15,17H,2,9-14,16H2,1H3,(H,27,31). The molecule has 2 aromatic carbocycles. The topological polar surface area (TPSA) is 59.4 Å².